The van der Waals surface area contributed by atoms with Gasteiger partial charge in [0, 0.05) is 4.47 Å². The molecular formula is C16H16BrClO2. The highest BCUT2D eigenvalue weighted by Gasteiger charge is 2.12. The third kappa shape index (κ3) is 3.75. The summed E-state index contributed by atoms with van der Waals surface area (Å²) >= 11 is 9.39. The summed E-state index contributed by atoms with van der Waals surface area (Å²) in [4.78, 5) is 0. The molecule has 2 rings (SSSR count). The molecule has 0 amide bonds. The zero-order valence-electron chi connectivity index (χ0n) is 11.1. The Hall–Kier alpha value is -1.03. The van der Waals surface area contributed by atoms with Gasteiger partial charge < -0.3 is 9.84 Å². The average molecular weight is 356 g/mol. The molecule has 1 atom stereocenters. The van der Waals surface area contributed by atoms with Crippen LogP contribution in [0.2, 0.25) is 5.02 Å². The topological polar surface area (TPSA) is 29.5 Å². The highest BCUT2D eigenvalue weighted by atomic mass is 79.9. The maximum atomic E-state index is 10.4. The molecule has 4 heteroatoms. The van der Waals surface area contributed by atoms with E-state index in [-0.39, 0.29) is 0 Å². The van der Waals surface area contributed by atoms with Crippen LogP contribution in [0, 0.1) is 0 Å². The van der Waals surface area contributed by atoms with E-state index in [1.54, 1.807) is 6.07 Å². The number of halogens is 2. The van der Waals surface area contributed by atoms with Gasteiger partial charge >= 0.3 is 0 Å². The molecule has 106 valence electrons. The van der Waals surface area contributed by atoms with Crippen molar-refractivity contribution in [2.45, 2.75) is 19.4 Å². The Kier molecular flexibility index (Phi) is 5.46. The fourth-order valence-electron chi connectivity index (χ4n) is 1.84. The highest BCUT2D eigenvalue weighted by Crippen LogP contribution is 2.29. The predicted molar refractivity (Wildman–Crippen MR) is 85.4 cm³/mol. The van der Waals surface area contributed by atoms with Crippen LogP contribution in [0.3, 0.4) is 0 Å². The molecule has 0 fully saturated rings. The Balaban J connectivity index is 2.15. The first kappa shape index (κ1) is 15.4. The number of hydrogen-bond acceptors (Lipinski definition) is 2. The molecule has 0 spiro atoms. The molecule has 2 nitrogen and oxygen atoms in total. The minimum atomic E-state index is -0.694. The SMILES string of the molecule is CCCOc1ccc(C(O)c2ccc(Br)c(Cl)c2)cc1. The number of hydrogen-bond donors (Lipinski definition) is 1. The maximum Gasteiger partial charge on any atom is 0.119 e. The van der Waals surface area contributed by atoms with Crippen LogP contribution in [0.5, 0.6) is 5.75 Å². The molecule has 20 heavy (non-hydrogen) atoms. The lowest BCUT2D eigenvalue weighted by Crippen LogP contribution is -2.00. The first-order chi connectivity index (χ1) is 9.61. The summed E-state index contributed by atoms with van der Waals surface area (Å²) in [5, 5.41) is 10.9. The van der Waals surface area contributed by atoms with E-state index in [0.717, 1.165) is 27.8 Å². The molecule has 0 heterocycles. The molecule has 0 aliphatic carbocycles. The van der Waals surface area contributed by atoms with Gasteiger partial charge in [0.25, 0.3) is 0 Å². The van der Waals surface area contributed by atoms with E-state index in [1.807, 2.05) is 36.4 Å². The quantitative estimate of drug-likeness (QED) is 0.820. The van der Waals surface area contributed by atoms with E-state index in [9.17, 15) is 5.11 Å². The molecule has 0 aromatic heterocycles. The van der Waals surface area contributed by atoms with Crippen molar-refractivity contribution in [2.24, 2.45) is 0 Å². The molecule has 1 unspecified atom stereocenters. The summed E-state index contributed by atoms with van der Waals surface area (Å²) in [7, 11) is 0. The second-order valence-electron chi connectivity index (χ2n) is 4.49. The second-order valence-corrected chi connectivity index (χ2v) is 5.76. The summed E-state index contributed by atoms with van der Waals surface area (Å²) in [6, 6.07) is 12.9. The van der Waals surface area contributed by atoms with Crippen LogP contribution in [0.15, 0.2) is 46.9 Å². The van der Waals surface area contributed by atoms with Gasteiger partial charge in [0.2, 0.25) is 0 Å². The smallest absolute Gasteiger partial charge is 0.119 e. The summed E-state index contributed by atoms with van der Waals surface area (Å²) in [5.41, 5.74) is 1.58. The van der Waals surface area contributed by atoms with E-state index in [4.69, 9.17) is 16.3 Å². The van der Waals surface area contributed by atoms with E-state index in [2.05, 4.69) is 22.9 Å². The van der Waals surface area contributed by atoms with Gasteiger partial charge in [0.15, 0.2) is 0 Å². The predicted octanol–water partition coefficient (Wildman–Crippen LogP) is 4.97. The van der Waals surface area contributed by atoms with Gasteiger partial charge in [-0.3, -0.25) is 0 Å². The van der Waals surface area contributed by atoms with Gasteiger partial charge in [-0.15, -0.1) is 0 Å². The van der Waals surface area contributed by atoms with Crippen LogP contribution in [0.25, 0.3) is 0 Å². The fraction of sp³-hybridized carbons (Fsp3) is 0.250. The van der Waals surface area contributed by atoms with Crippen molar-refractivity contribution in [3.63, 3.8) is 0 Å². The van der Waals surface area contributed by atoms with Crippen molar-refractivity contribution < 1.29 is 9.84 Å². The van der Waals surface area contributed by atoms with Gasteiger partial charge in [-0.05, 0) is 57.7 Å². The maximum absolute atomic E-state index is 10.4. The molecular weight excluding hydrogens is 340 g/mol. The van der Waals surface area contributed by atoms with E-state index >= 15 is 0 Å². The zero-order valence-corrected chi connectivity index (χ0v) is 13.5. The van der Waals surface area contributed by atoms with Crippen molar-refractivity contribution in [1.29, 1.82) is 0 Å². The van der Waals surface area contributed by atoms with Crippen molar-refractivity contribution in [3.8, 4) is 5.75 Å². The van der Waals surface area contributed by atoms with Gasteiger partial charge in [-0.25, -0.2) is 0 Å². The van der Waals surface area contributed by atoms with Gasteiger partial charge in [0.1, 0.15) is 11.9 Å². The Morgan fingerprint density at radius 3 is 2.40 bits per heavy atom. The Labute approximate surface area is 132 Å². The summed E-state index contributed by atoms with van der Waals surface area (Å²) in [6.45, 7) is 2.76. The van der Waals surface area contributed by atoms with Crippen LogP contribution in [-0.2, 0) is 0 Å². The molecule has 2 aromatic carbocycles. The second kappa shape index (κ2) is 7.11. The number of benzene rings is 2. The van der Waals surface area contributed by atoms with E-state index in [1.165, 1.54) is 0 Å². The normalized spacial score (nSPS) is 12.2. The van der Waals surface area contributed by atoms with E-state index in [0.29, 0.717) is 11.6 Å². The summed E-state index contributed by atoms with van der Waals surface area (Å²) in [6.07, 6.45) is 0.280. The Bertz CT molecular complexity index is 569. The number of aliphatic hydroxyl groups excluding tert-OH is 1. The standard InChI is InChI=1S/C16H16BrClO2/c1-2-9-20-13-6-3-11(4-7-13)16(19)12-5-8-14(17)15(18)10-12/h3-8,10,16,19H,2,9H2,1H3. The first-order valence-corrected chi connectivity index (χ1v) is 7.64. The van der Waals surface area contributed by atoms with Crippen LogP contribution in [0.1, 0.15) is 30.6 Å². The minimum Gasteiger partial charge on any atom is -0.494 e. The van der Waals surface area contributed by atoms with Crippen molar-refractivity contribution in [3.05, 3.63) is 63.1 Å². The molecule has 0 aliphatic heterocycles. The van der Waals surface area contributed by atoms with Crippen molar-refractivity contribution >= 4 is 27.5 Å². The Morgan fingerprint density at radius 1 is 1.15 bits per heavy atom. The van der Waals surface area contributed by atoms with Crippen molar-refractivity contribution in [2.75, 3.05) is 6.61 Å². The average Bonchev–Trinajstić information content (AvgIpc) is 2.48. The molecule has 0 saturated carbocycles. The lowest BCUT2D eigenvalue weighted by atomic mass is 10.0. The van der Waals surface area contributed by atoms with Crippen LogP contribution in [-0.4, -0.2) is 11.7 Å². The van der Waals surface area contributed by atoms with Gasteiger partial charge in [-0.2, -0.15) is 0 Å². The number of rotatable bonds is 5. The third-order valence-electron chi connectivity index (χ3n) is 2.93. The molecule has 0 saturated heterocycles. The first-order valence-electron chi connectivity index (χ1n) is 6.47. The molecule has 0 radical (unpaired) electrons. The van der Waals surface area contributed by atoms with Gasteiger partial charge in [-0.1, -0.05) is 36.7 Å². The fourth-order valence-corrected chi connectivity index (χ4v) is 2.28. The lowest BCUT2D eigenvalue weighted by Gasteiger charge is -2.13. The van der Waals surface area contributed by atoms with E-state index < -0.39 is 6.10 Å². The van der Waals surface area contributed by atoms with Crippen molar-refractivity contribution in [1.82, 2.24) is 0 Å². The van der Waals surface area contributed by atoms with Crippen LogP contribution < -0.4 is 4.74 Å². The number of ether oxygens (including phenoxy) is 1. The third-order valence-corrected chi connectivity index (χ3v) is 4.16. The molecule has 2 aromatic rings. The molecule has 1 N–H and O–H groups in total. The largest absolute Gasteiger partial charge is 0.494 e. The summed E-state index contributed by atoms with van der Waals surface area (Å²) < 4.78 is 6.34. The van der Waals surface area contributed by atoms with Crippen LogP contribution in [0.4, 0.5) is 0 Å². The minimum absolute atomic E-state index is 0.587. The zero-order chi connectivity index (χ0) is 14.5. The lowest BCUT2D eigenvalue weighted by molar-refractivity contribution is 0.220. The highest BCUT2D eigenvalue weighted by molar-refractivity contribution is 9.10. The monoisotopic (exact) mass is 354 g/mol. The molecule has 0 aliphatic rings. The van der Waals surface area contributed by atoms with Crippen LogP contribution >= 0.6 is 27.5 Å². The van der Waals surface area contributed by atoms with Gasteiger partial charge in [0.05, 0.1) is 11.6 Å². The molecule has 0 bridgehead atoms. The Morgan fingerprint density at radius 2 is 1.80 bits per heavy atom. The summed E-state index contributed by atoms with van der Waals surface area (Å²) in [5.74, 6) is 0.816. The number of aliphatic hydroxyl groups is 1.